The molecule has 0 aliphatic rings. The summed E-state index contributed by atoms with van der Waals surface area (Å²) in [5.41, 5.74) is 1.21. The molecule has 2 aromatic carbocycles. The van der Waals surface area contributed by atoms with Crippen LogP contribution in [0.5, 0.6) is 0 Å². The molecule has 2 rings (SSSR count). The standard InChI is InChI=1S/C15H11ClFN/c1-2-10(9-18)15(16)13-7-8-14(17)12-6-4-3-5-11(12)13/h3-8H,2H2,1H3/b15-10-. The summed E-state index contributed by atoms with van der Waals surface area (Å²) in [6.45, 7) is 1.87. The Labute approximate surface area is 110 Å². The molecule has 0 aliphatic heterocycles. The predicted octanol–water partition coefficient (Wildman–Crippen LogP) is 4.86. The molecule has 0 aliphatic carbocycles. The lowest BCUT2D eigenvalue weighted by Crippen LogP contribution is -1.88. The smallest absolute Gasteiger partial charge is 0.131 e. The highest BCUT2D eigenvalue weighted by atomic mass is 35.5. The zero-order valence-corrected chi connectivity index (χ0v) is 10.6. The maximum absolute atomic E-state index is 13.7. The first-order valence-corrected chi connectivity index (χ1v) is 6.03. The molecule has 90 valence electrons. The maximum atomic E-state index is 13.7. The van der Waals surface area contributed by atoms with Crippen LogP contribution in [-0.2, 0) is 0 Å². The zero-order chi connectivity index (χ0) is 13.1. The summed E-state index contributed by atoms with van der Waals surface area (Å²) in [5.74, 6) is -0.283. The van der Waals surface area contributed by atoms with E-state index < -0.39 is 0 Å². The maximum Gasteiger partial charge on any atom is 0.131 e. The molecule has 0 bridgehead atoms. The van der Waals surface area contributed by atoms with Crippen molar-refractivity contribution >= 4 is 27.4 Å². The second-order valence-corrected chi connectivity index (χ2v) is 4.28. The number of fused-ring (bicyclic) bond motifs is 1. The Morgan fingerprint density at radius 2 is 1.89 bits per heavy atom. The molecule has 0 unspecified atom stereocenters. The van der Waals surface area contributed by atoms with Crippen molar-refractivity contribution < 1.29 is 4.39 Å². The molecule has 0 atom stereocenters. The Bertz CT molecular complexity index is 668. The number of benzene rings is 2. The molecular formula is C15H11ClFN. The number of halogens is 2. The van der Waals surface area contributed by atoms with Crippen molar-refractivity contribution in [2.45, 2.75) is 13.3 Å². The first-order valence-electron chi connectivity index (χ1n) is 5.65. The summed E-state index contributed by atoms with van der Waals surface area (Å²) >= 11 is 6.24. The van der Waals surface area contributed by atoms with Gasteiger partial charge < -0.3 is 0 Å². The Morgan fingerprint density at radius 1 is 1.22 bits per heavy atom. The van der Waals surface area contributed by atoms with Gasteiger partial charge in [0, 0.05) is 16.5 Å². The van der Waals surface area contributed by atoms with Crippen LogP contribution in [0.25, 0.3) is 15.8 Å². The second kappa shape index (κ2) is 5.20. The van der Waals surface area contributed by atoms with Gasteiger partial charge in [0.25, 0.3) is 0 Å². The van der Waals surface area contributed by atoms with Crippen LogP contribution in [0.15, 0.2) is 42.0 Å². The average molecular weight is 260 g/mol. The fraction of sp³-hybridized carbons (Fsp3) is 0.133. The summed E-state index contributed by atoms with van der Waals surface area (Å²) in [5, 5.41) is 10.7. The van der Waals surface area contributed by atoms with Crippen LogP contribution in [0, 0.1) is 17.1 Å². The van der Waals surface area contributed by atoms with Crippen molar-refractivity contribution in [3.8, 4) is 6.07 Å². The molecule has 2 aromatic rings. The van der Waals surface area contributed by atoms with Gasteiger partial charge in [-0.2, -0.15) is 5.26 Å². The molecule has 0 spiro atoms. The third kappa shape index (κ3) is 2.10. The molecule has 18 heavy (non-hydrogen) atoms. The summed E-state index contributed by atoms with van der Waals surface area (Å²) in [6, 6.07) is 12.2. The van der Waals surface area contributed by atoms with E-state index in [1.165, 1.54) is 6.07 Å². The Hall–Kier alpha value is -1.85. The molecule has 0 saturated heterocycles. The minimum absolute atomic E-state index is 0.283. The Morgan fingerprint density at radius 3 is 2.50 bits per heavy atom. The Kier molecular flexibility index (Phi) is 3.64. The van der Waals surface area contributed by atoms with Gasteiger partial charge in [-0.1, -0.05) is 42.8 Å². The number of hydrogen-bond donors (Lipinski definition) is 0. The van der Waals surface area contributed by atoms with Crippen LogP contribution in [0.3, 0.4) is 0 Å². The number of nitrogens with zero attached hydrogens (tertiary/aromatic N) is 1. The highest BCUT2D eigenvalue weighted by molar-refractivity contribution is 6.50. The van der Waals surface area contributed by atoms with Crippen LogP contribution < -0.4 is 0 Å². The number of rotatable bonds is 2. The fourth-order valence-corrected chi connectivity index (χ4v) is 2.24. The fourth-order valence-electron chi connectivity index (χ4n) is 1.90. The lowest BCUT2D eigenvalue weighted by atomic mass is 10.0. The van der Waals surface area contributed by atoms with Gasteiger partial charge in [0.15, 0.2) is 0 Å². The number of hydrogen-bond acceptors (Lipinski definition) is 1. The lowest BCUT2D eigenvalue weighted by Gasteiger charge is -2.07. The quantitative estimate of drug-likeness (QED) is 0.707. The van der Waals surface area contributed by atoms with Crippen molar-refractivity contribution in [3.05, 3.63) is 53.4 Å². The largest absolute Gasteiger partial charge is 0.206 e. The molecule has 0 radical (unpaired) electrons. The molecule has 0 heterocycles. The zero-order valence-electron chi connectivity index (χ0n) is 9.87. The van der Waals surface area contributed by atoms with Crippen LogP contribution in [-0.4, -0.2) is 0 Å². The minimum atomic E-state index is -0.283. The van der Waals surface area contributed by atoms with Crippen molar-refractivity contribution in [2.24, 2.45) is 0 Å². The van der Waals surface area contributed by atoms with Gasteiger partial charge in [0.1, 0.15) is 5.82 Å². The van der Waals surface area contributed by atoms with E-state index in [1.807, 2.05) is 13.0 Å². The molecule has 0 N–H and O–H groups in total. The van der Waals surface area contributed by atoms with Gasteiger partial charge in [-0.25, -0.2) is 4.39 Å². The van der Waals surface area contributed by atoms with Gasteiger partial charge in [-0.15, -0.1) is 0 Å². The van der Waals surface area contributed by atoms with E-state index in [0.717, 1.165) is 5.39 Å². The first kappa shape index (κ1) is 12.6. The molecule has 3 heteroatoms. The van der Waals surface area contributed by atoms with Crippen LogP contribution in [0.4, 0.5) is 4.39 Å². The first-order chi connectivity index (χ1) is 8.69. The summed E-state index contributed by atoms with van der Waals surface area (Å²) in [7, 11) is 0. The van der Waals surface area contributed by atoms with E-state index in [4.69, 9.17) is 16.9 Å². The normalized spacial score (nSPS) is 12.1. The van der Waals surface area contributed by atoms with E-state index in [2.05, 4.69) is 6.07 Å². The van der Waals surface area contributed by atoms with E-state index in [1.54, 1.807) is 24.3 Å². The lowest BCUT2D eigenvalue weighted by molar-refractivity contribution is 0.640. The summed E-state index contributed by atoms with van der Waals surface area (Å²) < 4.78 is 13.7. The van der Waals surface area contributed by atoms with Crippen molar-refractivity contribution in [3.63, 3.8) is 0 Å². The topological polar surface area (TPSA) is 23.8 Å². The monoisotopic (exact) mass is 259 g/mol. The molecule has 0 aromatic heterocycles. The average Bonchev–Trinajstić information content (AvgIpc) is 2.41. The van der Waals surface area contributed by atoms with E-state index in [0.29, 0.717) is 28.0 Å². The van der Waals surface area contributed by atoms with Gasteiger partial charge in [0.2, 0.25) is 0 Å². The highest BCUT2D eigenvalue weighted by Gasteiger charge is 2.11. The third-order valence-electron chi connectivity index (χ3n) is 2.86. The van der Waals surface area contributed by atoms with Gasteiger partial charge in [-0.05, 0) is 23.9 Å². The molecule has 0 fully saturated rings. The van der Waals surface area contributed by atoms with Gasteiger partial charge in [-0.3, -0.25) is 0 Å². The van der Waals surface area contributed by atoms with Crippen LogP contribution in [0.2, 0.25) is 0 Å². The SMILES string of the molecule is CC/C(C#N)=C(/Cl)c1ccc(F)c2ccccc12. The predicted molar refractivity (Wildman–Crippen MR) is 72.6 cm³/mol. The van der Waals surface area contributed by atoms with E-state index in [9.17, 15) is 4.39 Å². The van der Waals surface area contributed by atoms with Crippen LogP contribution in [0.1, 0.15) is 18.9 Å². The molecule has 0 saturated carbocycles. The van der Waals surface area contributed by atoms with Crippen molar-refractivity contribution in [1.29, 1.82) is 5.26 Å². The van der Waals surface area contributed by atoms with Gasteiger partial charge >= 0.3 is 0 Å². The number of nitriles is 1. The van der Waals surface area contributed by atoms with Crippen molar-refractivity contribution in [1.82, 2.24) is 0 Å². The minimum Gasteiger partial charge on any atom is -0.206 e. The van der Waals surface area contributed by atoms with Gasteiger partial charge in [0.05, 0.1) is 11.1 Å². The van der Waals surface area contributed by atoms with Crippen LogP contribution >= 0.6 is 11.6 Å². The molecular weight excluding hydrogens is 249 g/mol. The second-order valence-electron chi connectivity index (χ2n) is 3.90. The summed E-state index contributed by atoms with van der Waals surface area (Å²) in [4.78, 5) is 0. The molecule has 1 nitrogen and oxygen atoms in total. The molecule has 0 amide bonds. The van der Waals surface area contributed by atoms with Crippen molar-refractivity contribution in [2.75, 3.05) is 0 Å². The van der Waals surface area contributed by atoms with E-state index in [-0.39, 0.29) is 5.82 Å². The Balaban J connectivity index is 2.78. The number of allylic oxidation sites excluding steroid dienone is 1. The van der Waals surface area contributed by atoms with E-state index >= 15 is 0 Å². The summed E-state index contributed by atoms with van der Waals surface area (Å²) in [6.07, 6.45) is 0.557. The third-order valence-corrected chi connectivity index (χ3v) is 3.29. The highest BCUT2D eigenvalue weighted by Crippen LogP contribution is 2.32.